The molecule has 260 valence electrons. The maximum Gasteiger partial charge on any atom is 0.0107 e. The Morgan fingerprint density at radius 3 is 0.744 bits per heavy atom. The van der Waals surface area contributed by atoms with Crippen molar-refractivity contribution in [3.63, 3.8) is 0 Å². The van der Waals surface area contributed by atoms with E-state index in [1.807, 2.05) is 0 Å². The molecule has 0 radical (unpaired) electrons. The van der Waals surface area contributed by atoms with Crippen molar-refractivity contribution in [3.05, 3.63) is 0 Å². The molecule has 0 aromatic rings. The Bertz CT molecular complexity index is 468. The summed E-state index contributed by atoms with van der Waals surface area (Å²) in [6.45, 7) is 5.92. The molecule has 0 atom stereocenters. The molecule has 0 unspecified atom stereocenters. The second kappa shape index (κ2) is 35.0. The Balaban J connectivity index is 3.68. The van der Waals surface area contributed by atoms with Gasteiger partial charge in [-0.2, -0.15) is 0 Å². The predicted molar refractivity (Wildman–Crippen MR) is 204 cm³/mol. The highest BCUT2D eigenvalue weighted by Crippen LogP contribution is 2.39. The van der Waals surface area contributed by atoms with Crippen molar-refractivity contribution in [2.75, 3.05) is 20.6 Å². The first-order valence-electron chi connectivity index (χ1n) is 20.7. The van der Waals surface area contributed by atoms with Gasteiger partial charge in [-0.15, -0.1) is 0 Å². The van der Waals surface area contributed by atoms with E-state index in [0.717, 1.165) is 0 Å². The van der Waals surface area contributed by atoms with Gasteiger partial charge in [0.2, 0.25) is 0 Å². The number of rotatable bonds is 37. The van der Waals surface area contributed by atoms with Gasteiger partial charge in [-0.1, -0.05) is 232 Å². The van der Waals surface area contributed by atoms with E-state index in [2.05, 4.69) is 32.8 Å². The summed E-state index contributed by atoms with van der Waals surface area (Å²) in [7, 11) is 5.93. The summed E-state index contributed by atoms with van der Waals surface area (Å²) >= 11 is 0. The topological polar surface area (TPSA) is 3.24 Å². The molecular weight excluding hydrogens is 535 g/mol. The zero-order valence-electron chi connectivity index (χ0n) is 31.4. The lowest BCUT2D eigenvalue weighted by Gasteiger charge is -2.31. The van der Waals surface area contributed by atoms with E-state index in [1.165, 1.54) is 242 Å². The summed E-state index contributed by atoms with van der Waals surface area (Å²) in [6.07, 6.45) is 51.7. The van der Waals surface area contributed by atoms with Crippen molar-refractivity contribution in [1.29, 1.82) is 0 Å². The summed E-state index contributed by atoms with van der Waals surface area (Å²) < 4.78 is 0. The van der Waals surface area contributed by atoms with Gasteiger partial charge in [-0.25, -0.2) is 0 Å². The molecule has 0 heterocycles. The highest BCUT2D eigenvalue weighted by molar-refractivity contribution is 6.15. The molecule has 0 amide bonds. The minimum absolute atomic E-state index is 0.705. The average Bonchev–Trinajstić information content (AvgIpc) is 2.99. The predicted octanol–water partition coefficient (Wildman–Crippen LogP) is 13.8. The Morgan fingerprint density at radius 2 is 0.535 bits per heavy atom. The van der Waals surface area contributed by atoms with Crippen molar-refractivity contribution >= 4 is 10.2 Å². The molecule has 0 aromatic heterocycles. The largest absolute Gasteiger partial charge is 0.309 e. The lowest BCUT2D eigenvalue weighted by atomic mass is 9.89. The van der Waals surface area contributed by atoms with Crippen LogP contribution in [0.3, 0.4) is 0 Å². The maximum atomic E-state index is 2.42. The Kier molecular flexibility index (Phi) is 35.2. The van der Waals surface area contributed by atoms with Gasteiger partial charge < -0.3 is 4.90 Å². The molecule has 0 fully saturated rings. The van der Waals surface area contributed by atoms with Crippen LogP contribution in [-0.2, 0) is 0 Å². The molecule has 2 heteroatoms. The summed E-state index contributed by atoms with van der Waals surface area (Å²) in [5.41, 5.74) is 0. The first-order valence-corrected chi connectivity index (χ1v) is 21.7. The molecule has 0 aliphatic carbocycles. The van der Waals surface area contributed by atoms with Crippen LogP contribution in [0.4, 0.5) is 0 Å². The van der Waals surface area contributed by atoms with Crippen molar-refractivity contribution in [2.45, 2.75) is 244 Å². The minimum atomic E-state index is 0.705. The van der Waals surface area contributed by atoms with E-state index in [9.17, 15) is 0 Å². The van der Waals surface area contributed by atoms with Gasteiger partial charge in [0, 0.05) is 10.2 Å². The lowest BCUT2D eigenvalue weighted by Crippen LogP contribution is -2.22. The standard InChI is InChI=1S/C41H87NSi/c1-5-7-9-11-13-15-17-19-21-23-25-27-29-31-33-35-37-41(43,39-40-42(3)4)38-36-34-32-30-28-26-24-22-20-18-16-14-12-10-8-6-2/h5-40H2,1-4,43H3. The third-order valence-corrected chi connectivity index (χ3v) is 11.9. The van der Waals surface area contributed by atoms with Gasteiger partial charge in [0.05, 0.1) is 0 Å². The average molecular weight is 622 g/mol. The van der Waals surface area contributed by atoms with E-state index < -0.39 is 0 Å². The van der Waals surface area contributed by atoms with Crippen molar-refractivity contribution < 1.29 is 0 Å². The van der Waals surface area contributed by atoms with E-state index in [4.69, 9.17) is 0 Å². The normalized spacial score (nSPS) is 12.2. The molecule has 0 N–H and O–H groups in total. The van der Waals surface area contributed by atoms with Crippen molar-refractivity contribution in [3.8, 4) is 0 Å². The molecule has 0 spiro atoms. The van der Waals surface area contributed by atoms with Crippen LogP contribution in [0.1, 0.15) is 239 Å². The van der Waals surface area contributed by atoms with Crippen LogP contribution in [0.15, 0.2) is 0 Å². The van der Waals surface area contributed by atoms with E-state index >= 15 is 0 Å². The van der Waals surface area contributed by atoms with E-state index in [1.54, 1.807) is 0 Å². The summed E-state index contributed by atoms with van der Waals surface area (Å²) in [5.74, 6) is 0. The van der Waals surface area contributed by atoms with Gasteiger partial charge in [0.1, 0.15) is 0 Å². The molecule has 0 rings (SSSR count). The SMILES string of the molecule is CCCCCCCCCCCCCCCCCCC([SiH3])(CCCCCCCCCCCCCCCCCC)CCN(C)C. The third kappa shape index (κ3) is 34.9. The van der Waals surface area contributed by atoms with Crippen LogP contribution < -0.4 is 0 Å². The molecule has 0 saturated heterocycles. The Labute approximate surface area is 278 Å². The van der Waals surface area contributed by atoms with E-state index in [0.29, 0.717) is 5.04 Å². The van der Waals surface area contributed by atoms with Crippen molar-refractivity contribution in [1.82, 2.24) is 4.90 Å². The van der Waals surface area contributed by atoms with Crippen LogP contribution in [0, 0.1) is 0 Å². The van der Waals surface area contributed by atoms with Gasteiger partial charge in [0.25, 0.3) is 0 Å². The fraction of sp³-hybridized carbons (Fsp3) is 1.00. The number of hydrogen-bond donors (Lipinski definition) is 0. The first kappa shape index (κ1) is 43.2. The molecule has 0 aliphatic rings. The third-order valence-electron chi connectivity index (χ3n) is 10.4. The Morgan fingerprint density at radius 1 is 0.326 bits per heavy atom. The minimum Gasteiger partial charge on any atom is -0.309 e. The van der Waals surface area contributed by atoms with Crippen LogP contribution in [0.2, 0.25) is 5.04 Å². The second-order valence-corrected chi connectivity index (χ2v) is 17.6. The highest BCUT2D eigenvalue weighted by Gasteiger charge is 2.23. The fourth-order valence-corrected chi connectivity index (χ4v) is 8.00. The smallest absolute Gasteiger partial charge is 0.0107 e. The van der Waals surface area contributed by atoms with Crippen LogP contribution >= 0.6 is 0 Å². The highest BCUT2D eigenvalue weighted by atomic mass is 28.1. The summed E-state index contributed by atoms with van der Waals surface area (Å²) in [4.78, 5) is 2.42. The van der Waals surface area contributed by atoms with Gasteiger partial charge >= 0.3 is 0 Å². The zero-order chi connectivity index (χ0) is 31.5. The fourth-order valence-electron chi connectivity index (χ4n) is 7.07. The van der Waals surface area contributed by atoms with Gasteiger partial charge in [-0.3, -0.25) is 0 Å². The number of nitrogens with zero attached hydrogens (tertiary/aromatic N) is 1. The summed E-state index contributed by atoms with van der Waals surface area (Å²) in [6, 6.07) is 0. The second-order valence-electron chi connectivity index (χ2n) is 15.5. The maximum absolute atomic E-state index is 2.42. The van der Waals surface area contributed by atoms with Gasteiger partial charge in [0.15, 0.2) is 0 Å². The van der Waals surface area contributed by atoms with Crippen LogP contribution in [0.5, 0.6) is 0 Å². The molecule has 0 aliphatic heterocycles. The lowest BCUT2D eigenvalue weighted by molar-refractivity contribution is 0.327. The molecule has 0 saturated carbocycles. The molecule has 0 aromatic carbocycles. The molecule has 43 heavy (non-hydrogen) atoms. The number of unbranched alkanes of at least 4 members (excludes halogenated alkanes) is 30. The number of hydrogen-bond acceptors (Lipinski definition) is 1. The zero-order valence-corrected chi connectivity index (χ0v) is 33.4. The molecule has 0 bridgehead atoms. The molecule has 1 nitrogen and oxygen atoms in total. The van der Waals surface area contributed by atoms with Crippen LogP contribution in [0.25, 0.3) is 0 Å². The molecular formula is C41H87NSi. The Hall–Kier alpha value is 0.177. The van der Waals surface area contributed by atoms with Gasteiger partial charge in [-0.05, 0) is 32.1 Å². The quantitative estimate of drug-likeness (QED) is 0.0492. The first-order chi connectivity index (χ1) is 21.0. The monoisotopic (exact) mass is 622 g/mol. The summed E-state index contributed by atoms with van der Waals surface area (Å²) in [5, 5.41) is 0.705. The van der Waals surface area contributed by atoms with E-state index in [-0.39, 0.29) is 0 Å². The van der Waals surface area contributed by atoms with Crippen LogP contribution in [-0.4, -0.2) is 35.8 Å². The van der Waals surface area contributed by atoms with Crippen molar-refractivity contribution in [2.24, 2.45) is 0 Å².